The lowest BCUT2D eigenvalue weighted by molar-refractivity contribution is 0.186. The fraction of sp³-hybridized carbons (Fsp3) is 0.200. The van der Waals surface area contributed by atoms with Crippen LogP contribution in [0.3, 0.4) is 0 Å². The van der Waals surface area contributed by atoms with Crippen molar-refractivity contribution in [2.45, 2.75) is 13.0 Å². The molecule has 2 nitrogen and oxygen atoms in total. The Hall–Kier alpha value is -1.46. The lowest BCUT2D eigenvalue weighted by atomic mass is 10.1. The topological polar surface area (TPSA) is 32.3 Å². The van der Waals surface area contributed by atoms with Gasteiger partial charge in [-0.3, -0.25) is 0 Å². The van der Waals surface area contributed by atoms with Crippen LogP contribution in [0.4, 0.5) is 14.5 Å². The molecule has 2 aromatic carbocycles. The van der Waals surface area contributed by atoms with E-state index in [0.29, 0.717) is 0 Å². The number of halogens is 3. The van der Waals surface area contributed by atoms with Crippen molar-refractivity contribution in [3.8, 4) is 0 Å². The molecule has 0 fully saturated rings. The van der Waals surface area contributed by atoms with Crippen molar-refractivity contribution in [3.63, 3.8) is 0 Å². The van der Waals surface area contributed by atoms with Gasteiger partial charge in [0.05, 0.1) is 6.10 Å². The maximum absolute atomic E-state index is 13.5. The van der Waals surface area contributed by atoms with E-state index in [-0.39, 0.29) is 12.1 Å². The van der Waals surface area contributed by atoms with E-state index in [1.165, 1.54) is 6.07 Å². The van der Waals surface area contributed by atoms with E-state index in [0.717, 1.165) is 27.9 Å². The highest BCUT2D eigenvalue weighted by Crippen LogP contribution is 2.22. The highest BCUT2D eigenvalue weighted by atomic mass is 79.9. The standard InChI is InChI=1S/C15H14BrF2NO/c1-9-6-10(16)2-5-14(9)19-8-15(20)12-4-3-11(17)7-13(12)18/h2-7,15,19-20H,8H2,1H3. The molecule has 0 aliphatic rings. The number of hydrogen-bond acceptors (Lipinski definition) is 2. The molecule has 5 heteroatoms. The molecule has 0 bridgehead atoms. The van der Waals surface area contributed by atoms with Gasteiger partial charge in [-0.2, -0.15) is 0 Å². The van der Waals surface area contributed by atoms with Gasteiger partial charge in [0, 0.05) is 28.3 Å². The smallest absolute Gasteiger partial charge is 0.131 e. The SMILES string of the molecule is Cc1cc(Br)ccc1NCC(O)c1ccc(F)cc1F. The van der Waals surface area contributed by atoms with Gasteiger partial charge in [0.2, 0.25) is 0 Å². The van der Waals surface area contributed by atoms with E-state index in [2.05, 4.69) is 21.2 Å². The molecule has 106 valence electrons. The number of hydrogen-bond donors (Lipinski definition) is 2. The summed E-state index contributed by atoms with van der Waals surface area (Å²) in [5, 5.41) is 13.0. The molecule has 2 rings (SSSR count). The average Bonchev–Trinajstić information content (AvgIpc) is 2.37. The molecule has 20 heavy (non-hydrogen) atoms. The van der Waals surface area contributed by atoms with Crippen LogP contribution < -0.4 is 5.32 Å². The zero-order valence-electron chi connectivity index (χ0n) is 10.8. The first kappa shape index (κ1) is 14.9. The Morgan fingerprint density at radius 3 is 2.60 bits per heavy atom. The van der Waals surface area contributed by atoms with Gasteiger partial charge in [0.25, 0.3) is 0 Å². The first-order valence-electron chi connectivity index (χ1n) is 6.10. The Kier molecular flexibility index (Phi) is 4.73. The van der Waals surface area contributed by atoms with Gasteiger partial charge < -0.3 is 10.4 Å². The van der Waals surface area contributed by atoms with Gasteiger partial charge in [0.15, 0.2) is 0 Å². The summed E-state index contributed by atoms with van der Waals surface area (Å²) < 4.78 is 27.3. The summed E-state index contributed by atoms with van der Waals surface area (Å²) in [6.07, 6.45) is -1.04. The minimum atomic E-state index is -1.04. The van der Waals surface area contributed by atoms with Crippen molar-refractivity contribution in [1.29, 1.82) is 0 Å². The quantitative estimate of drug-likeness (QED) is 0.874. The summed E-state index contributed by atoms with van der Waals surface area (Å²) in [7, 11) is 0. The Morgan fingerprint density at radius 1 is 1.20 bits per heavy atom. The van der Waals surface area contributed by atoms with E-state index >= 15 is 0 Å². The van der Waals surface area contributed by atoms with Gasteiger partial charge in [-0.1, -0.05) is 22.0 Å². The Bertz CT molecular complexity index is 619. The van der Waals surface area contributed by atoms with E-state index in [4.69, 9.17) is 0 Å². The van der Waals surface area contributed by atoms with Crippen LogP contribution in [-0.2, 0) is 0 Å². The zero-order chi connectivity index (χ0) is 14.7. The first-order chi connectivity index (χ1) is 9.47. The van der Waals surface area contributed by atoms with Crippen LogP contribution in [0, 0.1) is 18.6 Å². The monoisotopic (exact) mass is 341 g/mol. The molecule has 0 spiro atoms. The summed E-state index contributed by atoms with van der Waals surface area (Å²) in [5.74, 6) is -1.40. The van der Waals surface area contributed by atoms with Crippen LogP contribution in [-0.4, -0.2) is 11.7 Å². The zero-order valence-corrected chi connectivity index (χ0v) is 12.4. The van der Waals surface area contributed by atoms with Gasteiger partial charge in [-0.15, -0.1) is 0 Å². The molecule has 0 aliphatic heterocycles. The summed E-state index contributed by atoms with van der Waals surface area (Å²) in [6.45, 7) is 2.07. The number of aryl methyl sites for hydroxylation is 1. The molecule has 0 aromatic heterocycles. The average molecular weight is 342 g/mol. The summed E-state index contributed by atoms with van der Waals surface area (Å²) in [4.78, 5) is 0. The van der Waals surface area contributed by atoms with Gasteiger partial charge in [0.1, 0.15) is 11.6 Å². The van der Waals surface area contributed by atoms with Gasteiger partial charge in [-0.05, 0) is 36.8 Å². The molecule has 2 N–H and O–H groups in total. The van der Waals surface area contributed by atoms with Crippen molar-refractivity contribution < 1.29 is 13.9 Å². The Morgan fingerprint density at radius 2 is 1.95 bits per heavy atom. The van der Waals surface area contributed by atoms with Crippen LogP contribution >= 0.6 is 15.9 Å². The third kappa shape index (κ3) is 3.55. The highest BCUT2D eigenvalue weighted by molar-refractivity contribution is 9.10. The molecule has 0 aliphatic carbocycles. The van der Waals surface area contributed by atoms with Gasteiger partial charge in [-0.25, -0.2) is 8.78 Å². The van der Waals surface area contributed by atoms with Crippen LogP contribution in [0.15, 0.2) is 40.9 Å². The van der Waals surface area contributed by atoms with Crippen molar-refractivity contribution >= 4 is 21.6 Å². The van der Waals surface area contributed by atoms with E-state index in [9.17, 15) is 13.9 Å². The molecular weight excluding hydrogens is 328 g/mol. The Labute approximate surface area is 124 Å². The van der Waals surface area contributed by atoms with E-state index < -0.39 is 17.7 Å². The molecule has 0 radical (unpaired) electrons. The number of aliphatic hydroxyl groups excluding tert-OH is 1. The first-order valence-corrected chi connectivity index (χ1v) is 6.89. The number of benzene rings is 2. The Balaban J connectivity index is 2.06. The summed E-state index contributed by atoms with van der Waals surface area (Å²) in [5.41, 5.74) is 1.94. The van der Waals surface area contributed by atoms with Crippen molar-refractivity contribution in [1.82, 2.24) is 0 Å². The van der Waals surface area contributed by atoms with Crippen LogP contribution in [0.5, 0.6) is 0 Å². The van der Waals surface area contributed by atoms with Crippen molar-refractivity contribution in [3.05, 3.63) is 63.6 Å². The van der Waals surface area contributed by atoms with Gasteiger partial charge >= 0.3 is 0 Å². The lowest BCUT2D eigenvalue weighted by Gasteiger charge is -2.15. The maximum atomic E-state index is 13.5. The number of nitrogens with one attached hydrogen (secondary N) is 1. The van der Waals surface area contributed by atoms with Crippen LogP contribution in [0.25, 0.3) is 0 Å². The number of rotatable bonds is 4. The van der Waals surface area contributed by atoms with E-state index in [1.54, 1.807) is 0 Å². The number of aliphatic hydroxyl groups is 1. The second-order valence-electron chi connectivity index (χ2n) is 4.52. The normalized spacial score (nSPS) is 12.2. The predicted octanol–water partition coefficient (Wildman–Crippen LogP) is 4.18. The highest BCUT2D eigenvalue weighted by Gasteiger charge is 2.13. The summed E-state index contributed by atoms with van der Waals surface area (Å²) >= 11 is 3.37. The molecule has 0 saturated heterocycles. The molecular formula is C15H14BrF2NO. The third-order valence-electron chi connectivity index (χ3n) is 3.00. The minimum absolute atomic E-state index is 0.0775. The van der Waals surface area contributed by atoms with Crippen molar-refractivity contribution in [2.75, 3.05) is 11.9 Å². The lowest BCUT2D eigenvalue weighted by Crippen LogP contribution is -2.14. The van der Waals surface area contributed by atoms with Crippen LogP contribution in [0.2, 0.25) is 0 Å². The second-order valence-corrected chi connectivity index (χ2v) is 5.44. The fourth-order valence-electron chi connectivity index (χ4n) is 1.91. The molecule has 1 atom stereocenters. The van der Waals surface area contributed by atoms with Crippen molar-refractivity contribution in [2.24, 2.45) is 0 Å². The van der Waals surface area contributed by atoms with E-state index in [1.807, 2.05) is 25.1 Å². The molecule has 0 heterocycles. The fourth-order valence-corrected chi connectivity index (χ4v) is 2.39. The third-order valence-corrected chi connectivity index (χ3v) is 3.49. The molecule has 2 aromatic rings. The minimum Gasteiger partial charge on any atom is -0.386 e. The molecule has 1 unspecified atom stereocenters. The number of anilines is 1. The molecule has 0 amide bonds. The molecule has 0 saturated carbocycles. The predicted molar refractivity (Wildman–Crippen MR) is 78.7 cm³/mol. The van der Waals surface area contributed by atoms with Crippen LogP contribution in [0.1, 0.15) is 17.2 Å². The maximum Gasteiger partial charge on any atom is 0.131 e. The second kappa shape index (κ2) is 6.33. The largest absolute Gasteiger partial charge is 0.386 e. The summed E-state index contributed by atoms with van der Waals surface area (Å²) in [6, 6.07) is 8.84.